The van der Waals surface area contributed by atoms with Gasteiger partial charge in [0.15, 0.2) is 5.69 Å². The summed E-state index contributed by atoms with van der Waals surface area (Å²) in [5.41, 5.74) is -3.44. The van der Waals surface area contributed by atoms with Gasteiger partial charge < -0.3 is 9.47 Å². The minimum Gasteiger partial charge on any atom is -0.466 e. The van der Waals surface area contributed by atoms with Gasteiger partial charge >= 0.3 is 12.1 Å². The number of carbonyl (C=O) groups excluding carboxylic acids is 1. The number of benzene rings is 1. The van der Waals surface area contributed by atoms with Crippen molar-refractivity contribution < 1.29 is 27.4 Å². The highest BCUT2D eigenvalue weighted by Crippen LogP contribution is 2.35. The van der Waals surface area contributed by atoms with Gasteiger partial charge in [-0.05, 0) is 30.3 Å². The van der Waals surface area contributed by atoms with Gasteiger partial charge in [-0.1, -0.05) is 11.6 Å². The minimum atomic E-state index is -5.04. The third kappa shape index (κ3) is 6.12. The third-order valence-corrected chi connectivity index (χ3v) is 4.52. The fourth-order valence-electron chi connectivity index (χ4n) is 2.75. The lowest BCUT2D eigenvalue weighted by Crippen LogP contribution is -2.27. The van der Waals surface area contributed by atoms with E-state index in [1.807, 2.05) is 0 Å². The Labute approximate surface area is 198 Å². The number of aromatic amines is 1. The number of carbonyl (C=O) groups is 1. The molecule has 1 aromatic carbocycles. The quantitative estimate of drug-likeness (QED) is 0.397. The summed E-state index contributed by atoms with van der Waals surface area (Å²) in [7, 11) is 1.14. The van der Waals surface area contributed by atoms with Gasteiger partial charge in [-0.2, -0.15) is 23.5 Å². The molecule has 0 bridgehead atoms. The maximum absolute atomic E-state index is 13.5. The van der Waals surface area contributed by atoms with Crippen molar-refractivity contribution in [1.29, 1.82) is 5.26 Å². The first-order valence-electron chi connectivity index (χ1n) is 9.41. The van der Waals surface area contributed by atoms with Crippen molar-refractivity contribution in [3.8, 4) is 17.6 Å². The maximum atomic E-state index is 13.5. The topological polar surface area (TPSA) is 140 Å². The van der Waals surface area contributed by atoms with Gasteiger partial charge in [0.2, 0.25) is 5.75 Å². The monoisotopic (exact) mass is 507 g/mol. The summed E-state index contributed by atoms with van der Waals surface area (Å²) in [6, 6.07) is 6.48. The molecule has 10 nitrogen and oxygen atoms in total. The number of hydrogen-bond acceptors (Lipinski definition) is 8. The number of aromatic nitrogens is 4. The molecular formula is C21H13ClF3N5O5. The van der Waals surface area contributed by atoms with Gasteiger partial charge in [0, 0.05) is 16.7 Å². The van der Waals surface area contributed by atoms with Crippen molar-refractivity contribution >= 4 is 23.6 Å². The summed E-state index contributed by atoms with van der Waals surface area (Å²) in [6.45, 7) is -0.408. The second-order valence-electron chi connectivity index (χ2n) is 6.74. The molecule has 2 aromatic heterocycles. The van der Waals surface area contributed by atoms with Gasteiger partial charge in [0.1, 0.15) is 5.75 Å². The van der Waals surface area contributed by atoms with Crippen molar-refractivity contribution in [3.05, 3.63) is 84.9 Å². The molecular weight excluding hydrogens is 495 g/mol. The van der Waals surface area contributed by atoms with E-state index in [0.29, 0.717) is 6.33 Å². The van der Waals surface area contributed by atoms with Crippen molar-refractivity contribution in [3.63, 3.8) is 0 Å². The molecule has 14 heteroatoms. The van der Waals surface area contributed by atoms with E-state index in [1.165, 1.54) is 12.1 Å². The molecule has 0 radical (unpaired) electrons. The standard InChI is InChI=1S/C21H13ClF3N5O5/c1-34-16(31)3-2-12-6-14(28-29-19(12)32)9-30-10-27-18(21(23,24)25)17(20(30)33)35-15-5-11(8-26)4-13(22)7-15/h2-7,10H,9H2,1H3,(H,29,32)/b3-2+. The van der Waals surface area contributed by atoms with Gasteiger partial charge in [-0.25, -0.2) is 14.9 Å². The average molecular weight is 508 g/mol. The SMILES string of the molecule is COC(=O)/C=C/c1cc(Cn2cnc(C(F)(F)F)c(Oc3cc(Cl)cc(C#N)c3)c2=O)n[nH]c1=O. The summed E-state index contributed by atoms with van der Waals surface area (Å²) >= 11 is 5.86. The fraction of sp³-hybridized carbons (Fsp3) is 0.143. The zero-order valence-electron chi connectivity index (χ0n) is 17.6. The van der Waals surface area contributed by atoms with Crippen LogP contribution in [0.2, 0.25) is 5.02 Å². The number of alkyl halides is 3. The van der Waals surface area contributed by atoms with E-state index in [2.05, 4.69) is 19.9 Å². The van der Waals surface area contributed by atoms with Crippen LogP contribution in [0.1, 0.15) is 22.5 Å². The van der Waals surface area contributed by atoms with E-state index < -0.39 is 41.3 Å². The number of esters is 1. The number of methoxy groups -OCH3 is 1. The second-order valence-corrected chi connectivity index (χ2v) is 7.18. The van der Waals surface area contributed by atoms with Crippen molar-refractivity contribution in [1.82, 2.24) is 19.7 Å². The molecule has 0 spiro atoms. The highest BCUT2D eigenvalue weighted by Gasteiger charge is 2.38. The maximum Gasteiger partial charge on any atom is 0.437 e. The first-order chi connectivity index (χ1) is 16.5. The highest BCUT2D eigenvalue weighted by atomic mass is 35.5. The van der Waals surface area contributed by atoms with E-state index >= 15 is 0 Å². The number of nitriles is 1. The van der Waals surface area contributed by atoms with Crippen LogP contribution in [0.5, 0.6) is 11.5 Å². The molecule has 35 heavy (non-hydrogen) atoms. The number of ether oxygens (including phenoxy) is 2. The van der Waals surface area contributed by atoms with Crippen LogP contribution in [-0.2, 0) is 22.3 Å². The van der Waals surface area contributed by atoms with E-state index in [1.54, 1.807) is 6.07 Å². The van der Waals surface area contributed by atoms with Crippen molar-refractivity contribution in [2.45, 2.75) is 12.7 Å². The Hall–Kier alpha value is -4.44. The summed E-state index contributed by atoms with van der Waals surface area (Å²) in [6.07, 6.45) is -2.27. The molecule has 0 aliphatic rings. The van der Waals surface area contributed by atoms with Crippen LogP contribution in [0.3, 0.4) is 0 Å². The third-order valence-electron chi connectivity index (χ3n) is 4.30. The van der Waals surface area contributed by atoms with Crippen LogP contribution in [0.25, 0.3) is 6.08 Å². The van der Waals surface area contributed by atoms with E-state index in [0.717, 1.165) is 36.0 Å². The van der Waals surface area contributed by atoms with Crippen molar-refractivity contribution in [2.24, 2.45) is 0 Å². The Bertz CT molecular complexity index is 1470. The Balaban J connectivity index is 2.04. The zero-order chi connectivity index (χ0) is 25.8. The average Bonchev–Trinajstić information content (AvgIpc) is 2.80. The Morgan fingerprint density at radius 3 is 2.69 bits per heavy atom. The largest absolute Gasteiger partial charge is 0.466 e. The van der Waals surface area contributed by atoms with E-state index in [9.17, 15) is 27.6 Å². The number of nitrogens with zero attached hydrogens (tertiary/aromatic N) is 4. The Morgan fingerprint density at radius 2 is 2.03 bits per heavy atom. The number of H-pyrrole nitrogens is 1. The first kappa shape index (κ1) is 25.2. The Morgan fingerprint density at radius 1 is 1.29 bits per heavy atom. The molecule has 3 aromatic rings. The Kier molecular flexibility index (Phi) is 7.36. The van der Waals surface area contributed by atoms with Gasteiger partial charge in [-0.3, -0.25) is 14.2 Å². The lowest BCUT2D eigenvalue weighted by molar-refractivity contribution is -0.142. The van der Waals surface area contributed by atoms with Crippen LogP contribution in [0.15, 0.2) is 46.3 Å². The summed E-state index contributed by atoms with van der Waals surface area (Å²) in [5.74, 6) is -2.16. The van der Waals surface area contributed by atoms with Gasteiger partial charge in [-0.15, -0.1) is 0 Å². The molecule has 0 amide bonds. The number of halogens is 4. The predicted molar refractivity (Wildman–Crippen MR) is 115 cm³/mol. The van der Waals surface area contributed by atoms with Crippen LogP contribution < -0.4 is 15.9 Å². The second kappa shape index (κ2) is 10.2. The summed E-state index contributed by atoms with van der Waals surface area (Å²) in [4.78, 5) is 39.4. The van der Waals surface area contributed by atoms with Crippen LogP contribution in [-0.4, -0.2) is 32.8 Å². The molecule has 1 N–H and O–H groups in total. The lowest BCUT2D eigenvalue weighted by atomic mass is 10.2. The van der Waals surface area contributed by atoms with E-state index in [-0.39, 0.29) is 27.6 Å². The van der Waals surface area contributed by atoms with Crippen LogP contribution >= 0.6 is 11.6 Å². The van der Waals surface area contributed by atoms with Crippen LogP contribution in [0, 0.1) is 11.3 Å². The molecule has 0 unspecified atom stereocenters. The molecule has 0 saturated heterocycles. The summed E-state index contributed by atoms with van der Waals surface area (Å²) in [5, 5.41) is 14.9. The minimum absolute atomic E-state index is 0.00167. The van der Waals surface area contributed by atoms with E-state index in [4.69, 9.17) is 21.6 Å². The molecule has 180 valence electrons. The molecule has 0 atom stereocenters. The fourth-order valence-corrected chi connectivity index (χ4v) is 2.98. The molecule has 0 aliphatic heterocycles. The lowest BCUT2D eigenvalue weighted by Gasteiger charge is -2.14. The molecule has 0 fully saturated rings. The highest BCUT2D eigenvalue weighted by molar-refractivity contribution is 6.30. The van der Waals surface area contributed by atoms with Gasteiger partial charge in [0.05, 0.1) is 37.3 Å². The van der Waals surface area contributed by atoms with Crippen molar-refractivity contribution in [2.75, 3.05) is 7.11 Å². The number of nitrogens with one attached hydrogen (secondary N) is 1. The molecule has 3 rings (SSSR count). The summed E-state index contributed by atoms with van der Waals surface area (Å²) < 4.78 is 51.0. The molecule has 2 heterocycles. The zero-order valence-corrected chi connectivity index (χ0v) is 18.3. The molecule has 0 saturated carbocycles. The predicted octanol–water partition coefficient (Wildman–Crippen LogP) is 2.90. The van der Waals surface area contributed by atoms with Gasteiger partial charge in [0.25, 0.3) is 11.1 Å². The first-order valence-corrected chi connectivity index (χ1v) is 9.79. The normalized spacial score (nSPS) is 11.3. The molecule has 0 aliphatic carbocycles. The van der Waals surface area contributed by atoms with Crippen LogP contribution in [0.4, 0.5) is 13.2 Å². The smallest absolute Gasteiger partial charge is 0.437 e. The number of hydrogen-bond donors (Lipinski definition) is 1. The number of rotatable bonds is 6.